The van der Waals surface area contributed by atoms with Crippen LogP contribution in [0.1, 0.15) is 30.5 Å². The van der Waals surface area contributed by atoms with Crippen molar-refractivity contribution in [3.8, 4) is 11.5 Å². The van der Waals surface area contributed by atoms with Gasteiger partial charge < -0.3 is 14.2 Å². The molecule has 0 spiro atoms. The van der Waals surface area contributed by atoms with E-state index in [2.05, 4.69) is 44.2 Å². The zero-order valence-corrected chi connectivity index (χ0v) is 16.9. The zero-order chi connectivity index (χ0) is 19.8. The number of para-hydroxylation sites is 1. The van der Waals surface area contributed by atoms with Gasteiger partial charge in [0.15, 0.2) is 0 Å². The normalized spacial score (nSPS) is 11.4. The lowest BCUT2D eigenvalue weighted by Gasteiger charge is -2.25. The Balaban J connectivity index is 1.55. The van der Waals surface area contributed by atoms with Crippen molar-refractivity contribution in [3.05, 3.63) is 95.6 Å². The lowest BCUT2D eigenvalue weighted by Crippen LogP contribution is -2.24. The molecule has 3 heteroatoms. The molecule has 3 rings (SSSR count). The first-order valence-corrected chi connectivity index (χ1v) is 9.55. The Bertz CT molecular complexity index is 854. The van der Waals surface area contributed by atoms with E-state index >= 15 is 0 Å². The van der Waals surface area contributed by atoms with Crippen LogP contribution in [0.5, 0.6) is 11.5 Å². The van der Waals surface area contributed by atoms with Crippen molar-refractivity contribution in [1.82, 2.24) is 0 Å². The maximum absolute atomic E-state index is 6.04. The molecule has 0 aromatic heterocycles. The minimum atomic E-state index is -0.0657. The molecule has 0 saturated heterocycles. The lowest BCUT2D eigenvalue weighted by molar-refractivity contribution is 0.0824. The molecule has 0 aliphatic heterocycles. The van der Waals surface area contributed by atoms with Crippen molar-refractivity contribution in [2.45, 2.75) is 32.5 Å². The van der Waals surface area contributed by atoms with Crippen LogP contribution in [0.2, 0.25) is 0 Å². The molecule has 0 amide bonds. The highest BCUT2D eigenvalue weighted by Gasteiger charge is 2.21. The van der Waals surface area contributed by atoms with E-state index in [1.54, 1.807) is 7.11 Å². The molecule has 0 atom stereocenters. The molecule has 3 nitrogen and oxygen atoms in total. The van der Waals surface area contributed by atoms with Crippen molar-refractivity contribution in [1.29, 1.82) is 0 Å². The first kappa shape index (κ1) is 20.1. The molecule has 0 heterocycles. The Morgan fingerprint density at radius 3 is 2.14 bits per heavy atom. The van der Waals surface area contributed by atoms with Gasteiger partial charge in [-0.3, -0.25) is 0 Å². The molecule has 0 N–H and O–H groups in total. The minimum Gasteiger partial charge on any atom is -0.457 e. The number of hydrogen-bond acceptors (Lipinski definition) is 3. The Morgan fingerprint density at radius 1 is 0.714 bits per heavy atom. The summed E-state index contributed by atoms with van der Waals surface area (Å²) in [5, 5.41) is 0. The third-order valence-electron chi connectivity index (χ3n) is 4.66. The van der Waals surface area contributed by atoms with Crippen molar-refractivity contribution < 1.29 is 14.2 Å². The van der Waals surface area contributed by atoms with E-state index < -0.39 is 0 Å². The average molecular weight is 376 g/mol. The first-order chi connectivity index (χ1) is 13.6. The van der Waals surface area contributed by atoms with Gasteiger partial charge in [-0.15, -0.1) is 0 Å². The van der Waals surface area contributed by atoms with Crippen LogP contribution in [0.25, 0.3) is 0 Å². The molecule has 3 aromatic rings. The second-order valence-electron chi connectivity index (χ2n) is 7.57. The van der Waals surface area contributed by atoms with Crippen LogP contribution in [0.4, 0.5) is 0 Å². The molecular weight excluding hydrogens is 348 g/mol. The molecule has 28 heavy (non-hydrogen) atoms. The van der Waals surface area contributed by atoms with Crippen LogP contribution in [-0.4, -0.2) is 13.7 Å². The molecule has 146 valence electrons. The summed E-state index contributed by atoms with van der Waals surface area (Å²) in [7, 11) is 1.71. The summed E-state index contributed by atoms with van der Waals surface area (Å²) in [5.41, 5.74) is 3.47. The Hall–Kier alpha value is -2.62. The van der Waals surface area contributed by atoms with Crippen molar-refractivity contribution in [2.24, 2.45) is 0 Å². The van der Waals surface area contributed by atoms with Gasteiger partial charge in [-0.25, -0.2) is 0 Å². The van der Waals surface area contributed by atoms with E-state index in [0.29, 0.717) is 19.8 Å². The highest BCUT2D eigenvalue weighted by molar-refractivity contribution is 5.33. The van der Waals surface area contributed by atoms with E-state index in [1.165, 1.54) is 11.1 Å². The summed E-state index contributed by atoms with van der Waals surface area (Å²) >= 11 is 0. The smallest absolute Gasteiger partial charge is 0.127 e. The second-order valence-corrected chi connectivity index (χ2v) is 7.57. The fraction of sp³-hybridized carbons (Fsp3) is 0.280. The Kier molecular flexibility index (Phi) is 6.85. The summed E-state index contributed by atoms with van der Waals surface area (Å²) in [5.74, 6) is 1.65. The number of ether oxygens (including phenoxy) is 3. The molecule has 0 aliphatic rings. The van der Waals surface area contributed by atoms with Gasteiger partial charge in [-0.2, -0.15) is 0 Å². The van der Waals surface area contributed by atoms with E-state index in [4.69, 9.17) is 14.2 Å². The summed E-state index contributed by atoms with van der Waals surface area (Å²) in [6, 6.07) is 26.4. The van der Waals surface area contributed by atoms with E-state index in [9.17, 15) is 0 Å². The van der Waals surface area contributed by atoms with Gasteiger partial charge in [-0.05, 0) is 41.0 Å². The quantitative estimate of drug-likeness (QED) is 0.450. The number of hydrogen-bond donors (Lipinski definition) is 0. The van der Waals surface area contributed by atoms with Crippen LogP contribution in [0.3, 0.4) is 0 Å². The number of methoxy groups -OCH3 is 1. The van der Waals surface area contributed by atoms with E-state index in [-0.39, 0.29) is 5.41 Å². The Morgan fingerprint density at radius 2 is 1.43 bits per heavy atom. The zero-order valence-electron chi connectivity index (χ0n) is 16.9. The monoisotopic (exact) mass is 376 g/mol. The van der Waals surface area contributed by atoms with Crippen molar-refractivity contribution in [3.63, 3.8) is 0 Å². The molecule has 0 aliphatic carbocycles. The predicted octanol–water partition coefficient (Wildman–Crippen LogP) is 6.12. The third kappa shape index (κ3) is 5.69. The highest BCUT2D eigenvalue weighted by atomic mass is 16.5. The maximum Gasteiger partial charge on any atom is 0.127 e. The fourth-order valence-electron chi connectivity index (χ4n) is 3.05. The van der Waals surface area contributed by atoms with E-state index in [0.717, 1.165) is 17.1 Å². The van der Waals surface area contributed by atoms with Crippen molar-refractivity contribution in [2.75, 3.05) is 13.7 Å². The van der Waals surface area contributed by atoms with E-state index in [1.807, 2.05) is 48.5 Å². The molecule has 0 unspecified atom stereocenters. The Labute approximate surface area is 167 Å². The van der Waals surface area contributed by atoms with Gasteiger partial charge in [0, 0.05) is 12.5 Å². The summed E-state index contributed by atoms with van der Waals surface area (Å²) < 4.78 is 17.1. The third-order valence-corrected chi connectivity index (χ3v) is 4.66. The van der Waals surface area contributed by atoms with Crippen LogP contribution in [0.15, 0.2) is 78.9 Å². The second kappa shape index (κ2) is 9.54. The van der Waals surface area contributed by atoms with Gasteiger partial charge in [-0.1, -0.05) is 68.4 Å². The SMILES string of the molecule is COCc1ccc(C(C)(C)COCc2cccc(Oc3ccccc3)c2)cc1. The van der Waals surface area contributed by atoms with Crippen molar-refractivity contribution >= 4 is 0 Å². The molecule has 0 bridgehead atoms. The lowest BCUT2D eigenvalue weighted by atomic mass is 9.85. The molecular formula is C25H28O3. The summed E-state index contributed by atoms with van der Waals surface area (Å²) in [6.45, 7) is 6.23. The fourth-order valence-corrected chi connectivity index (χ4v) is 3.05. The van der Waals surface area contributed by atoms with Gasteiger partial charge in [0.1, 0.15) is 11.5 Å². The van der Waals surface area contributed by atoms with Crippen LogP contribution in [-0.2, 0) is 28.1 Å². The molecule has 0 fully saturated rings. The molecule has 0 radical (unpaired) electrons. The average Bonchev–Trinajstić information content (AvgIpc) is 2.70. The first-order valence-electron chi connectivity index (χ1n) is 9.55. The van der Waals surface area contributed by atoms with Gasteiger partial charge in [0.05, 0.1) is 19.8 Å². The predicted molar refractivity (Wildman–Crippen MR) is 113 cm³/mol. The van der Waals surface area contributed by atoms with Crippen LogP contribution in [0, 0.1) is 0 Å². The van der Waals surface area contributed by atoms with Gasteiger partial charge in [0.25, 0.3) is 0 Å². The summed E-state index contributed by atoms with van der Waals surface area (Å²) in [4.78, 5) is 0. The molecule has 0 saturated carbocycles. The van der Waals surface area contributed by atoms with Crippen LogP contribution < -0.4 is 4.74 Å². The summed E-state index contributed by atoms with van der Waals surface area (Å²) in [6.07, 6.45) is 0. The van der Waals surface area contributed by atoms with Gasteiger partial charge >= 0.3 is 0 Å². The standard InChI is InChI=1S/C25H28O3/c1-25(2,22-14-12-20(13-15-22)17-26-3)19-27-18-21-8-7-11-24(16-21)28-23-9-5-4-6-10-23/h4-16H,17-19H2,1-3H3. The minimum absolute atomic E-state index is 0.0657. The topological polar surface area (TPSA) is 27.7 Å². The highest BCUT2D eigenvalue weighted by Crippen LogP contribution is 2.26. The maximum atomic E-state index is 6.04. The largest absolute Gasteiger partial charge is 0.457 e. The number of benzene rings is 3. The van der Waals surface area contributed by atoms with Gasteiger partial charge in [0.2, 0.25) is 0 Å². The molecule has 3 aromatic carbocycles. The number of rotatable bonds is 9. The van der Waals surface area contributed by atoms with Crippen LogP contribution >= 0.6 is 0 Å².